The minimum absolute atomic E-state index is 0.00614. The molecule has 8 nitrogen and oxygen atoms in total. The standard InChI is InChI=1S/C45H33N3OS.C45H39NS.C39H31N3S/c1-44(2)32-18-10-8-15-28(32)39-33(45(44,3)4)22-24-37-40(39)31-25-27(21-23-36(31)50-37)42-46-41(26-13-6-5-7-14-26)47-43(48-42)30-17-12-20-35-38(30)29-16-9-11-19-34(29)49-35;1-43(2)37-18-12-10-16-31(37)32-22-20-29(26-38(32)43)46(28-14-8-7-9-15-28)30-21-23-33-35-24-25-36-34-17-11-13-19-40(34)47-42(36)41(35)45(5,6)44(3,4)39(33)27-30;1-38(2)29-18-12-11-17-27(29)33-30(39(38,3)4)20-22-32-34(33)28-23-26(19-21-31(28)43-32)37-41-35(24-13-7-5-8-14-24)40-36(42-37)25-15-9-6-10-16-25/h5-25H,1-4H3;7-27H,1-6H3;5-23H,1-4H3. The summed E-state index contributed by atoms with van der Waals surface area (Å²) in [6.07, 6.45) is 0. The summed E-state index contributed by atoms with van der Waals surface area (Å²) in [7, 11) is 0. The van der Waals surface area contributed by atoms with E-state index >= 15 is 0 Å². The van der Waals surface area contributed by atoms with Gasteiger partial charge in [0.05, 0.1) is 0 Å². The SMILES string of the molecule is CC1(C)c2ccccc2-c2c(ccc3sc4ccc(-c5nc(-c6ccccc6)nc(-c6cccc7oc8ccccc8c67)n5)cc4c23)C1(C)C.CC1(C)c2ccccc2-c2c(ccc3sc4ccc(-c5nc(-c6ccccc6)nc(-c6ccccc6)n5)cc4c23)C1(C)C.CC1(C)c2ccccc2-c2ccc(N(c3ccccc3)c3ccc4c(c3)C(C)(C)C(C)(C)c3c-4ccc4c3sc3ccccc34)cc21. The Bertz CT molecular complexity index is 8980. The van der Waals surface area contributed by atoms with Crippen LogP contribution >= 0.6 is 34.0 Å². The molecule has 0 saturated heterocycles. The van der Waals surface area contributed by atoms with Crippen molar-refractivity contribution in [1.82, 2.24) is 29.9 Å². The average molecular weight is 1860 g/mol. The third-order valence-electron chi connectivity index (χ3n) is 32.8. The Hall–Kier alpha value is -15.0. The summed E-state index contributed by atoms with van der Waals surface area (Å²) in [6, 6.07) is 133. The van der Waals surface area contributed by atoms with Gasteiger partial charge in [-0.3, -0.25) is 0 Å². The lowest BCUT2D eigenvalue weighted by molar-refractivity contribution is 0.299. The monoisotopic (exact) mass is 1860 g/mol. The van der Waals surface area contributed by atoms with E-state index in [1.54, 1.807) is 0 Å². The molecule has 11 heteroatoms. The highest BCUT2D eigenvalue weighted by molar-refractivity contribution is 7.26. The molecule has 678 valence electrons. The Morgan fingerprint density at radius 2 is 0.600 bits per heavy atom. The summed E-state index contributed by atoms with van der Waals surface area (Å²) >= 11 is 5.67. The van der Waals surface area contributed by atoms with Crippen LogP contribution in [0.25, 0.3) is 195 Å². The molecule has 0 fully saturated rings. The molecule has 0 atom stereocenters. The van der Waals surface area contributed by atoms with E-state index in [0.717, 1.165) is 55.3 Å². The molecule has 0 aliphatic heterocycles. The average Bonchev–Trinajstić information content (AvgIpc) is 1.30. The number of thiophene rings is 3. The zero-order chi connectivity index (χ0) is 95.4. The van der Waals surface area contributed by atoms with Gasteiger partial charge in [0.2, 0.25) is 0 Å². The highest BCUT2D eigenvalue weighted by Gasteiger charge is 2.51. The highest BCUT2D eigenvalue weighted by atomic mass is 32.1. The molecule has 6 aromatic heterocycles. The van der Waals surface area contributed by atoms with E-state index in [2.05, 4.69) is 387 Å². The van der Waals surface area contributed by atoms with Gasteiger partial charge in [-0.25, -0.2) is 29.9 Å². The van der Waals surface area contributed by atoms with Gasteiger partial charge in [0.15, 0.2) is 34.9 Å². The Morgan fingerprint density at radius 3 is 1.14 bits per heavy atom. The molecule has 23 aromatic rings. The van der Waals surface area contributed by atoms with Crippen LogP contribution in [0.1, 0.15) is 141 Å². The van der Waals surface area contributed by atoms with Crippen molar-refractivity contribution < 1.29 is 4.42 Å². The third kappa shape index (κ3) is 13.2. The van der Waals surface area contributed by atoms with Crippen LogP contribution in [0, 0.1) is 0 Å². The number of hydrogen-bond donors (Lipinski definition) is 0. The predicted molar refractivity (Wildman–Crippen MR) is 591 cm³/mol. The smallest absolute Gasteiger partial charge is 0.164 e. The zero-order valence-electron chi connectivity index (χ0n) is 81.0. The van der Waals surface area contributed by atoms with Crippen LogP contribution in [0.4, 0.5) is 17.1 Å². The molecule has 4 aliphatic rings. The Kier molecular flexibility index (Phi) is 19.8. The lowest BCUT2D eigenvalue weighted by Gasteiger charge is -2.49. The first kappa shape index (κ1) is 86.6. The number of nitrogens with zero attached hydrogens (tertiary/aromatic N) is 7. The van der Waals surface area contributed by atoms with E-state index in [1.165, 1.54) is 167 Å². The van der Waals surface area contributed by atoms with Gasteiger partial charge in [0.25, 0.3) is 0 Å². The van der Waals surface area contributed by atoms with Crippen molar-refractivity contribution in [2.24, 2.45) is 0 Å². The highest BCUT2D eigenvalue weighted by Crippen LogP contribution is 2.63. The molecule has 4 aliphatic carbocycles. The lowest BCUT2D eigenvalue weighted by atomic mass is 9.55. The molecule has 17 aromatic carbocycles. The molecule has 0 saturated carbocycles. The Labute approximate surface area is 828 Å². The van der Waals surface area contributed by atoms with Crippen LogP contribution in [0.3, 0.4) is 0 Å². The van der Waals surface area contributed by atoms with Gasteiger partial charge in [0, 0.05) is 133 Å². The fourth-order valence-corrected chi connectivity index (χ4v) is 26.9. The summed E-state index contributed by atoms with van der Waals surface area (Å²) in [4.78, 5) is 32.8. The van der Waals surface area contributed by atoms with Gasteiger partial charge in [-0.1, -0.05) is 364 Å². The summed E-state index contributed by atoms with van der Waals surface area (Å²) in [6.45, 7) is 33.7. The van der Waals surface area contributed by atoms with E-state index in [1.807, 2.05) is 119 Å². The van der Waals surface area contributed by atoms with Crippen molar-refractivity contribution in [2.45, 2.75) is 135 Å². The van der Waals surface area contributed by atoms with Crippen molar-refractivity contribution in [3.05, 3.63) is 415 Å². The molecule has 0 amide bonds. The first-order valence-electron chi connectivity index (χ1n) is 48.7. The van der Waals surface area contributed by atoms with E-state index in [0.29, 0.717) is 34.9 Å². The number of anilines is 3. The molecule has 0 unspecified atom stereocenters. The number of rotatable bonds is 9. The molecule has 6 heterocycles. The predicted octanol–water partition coefficient (Wildman–Crippen LogP) is 35.9. The second kappa shape index (κ2) is 32.0. The van der Waals surface area contributed by atoms with Crippen LogP contribution in [0.5, 0.6) is 0 Å². The van der Waals surface area contributed by atoms with Gasteiger partial charge in [-0.15, -0.1) is 34.0 Å². The quantitative estimate of drug-likeness (QED) is 0.141. The molecule has 140 heavy (non-hydrogen) atoms. The van der Waals surface area contributed by atoms with E-state index in [4.69, 9.17) is 34.3 Å². The summed E-state index contributed by atoms with van der Waals surface area (Å²) in [5.41, 5.74) is 32.7. The summed E-state index contributed by atoms with van der Waals surface area (Å²) in [5, 5.41) is 9.93. The van der Waals surface area contributed by atoms with Gasteiger partial charge in [0.1, 0.15) is 11.2 Å². The number of aromatic nitrogens is 6. The fourth-order valence-electron chi connectivity index (χ4n) is 23.3. The summed E-state index contributed by atoms with van der Waals surface area (Å²) < 4.78 is 14.2. The molecule has 0 radical (unpaired) electrons. The first-order chi connectivity index (χ1) is 67.7. The minimum Gasteiger partial charge on any atom is -0.456 e. The molecular formula is C129H103N7OS3. The van der Waals surface area contributed by atoms with Crippen molar-refractivity contribution in [3.63, 3.8) is 0 Å². The zero-order valence-corrected chi connectivity index (χ0v) is 83.4. The first-order valence-corrected chi connectivity index (χ1v) is 51.1. The summed E-state index contributed by atoms with van der Waals surface area (Å²) in [5.74, 6) is 3.94. The maximum atomic E-state index is 6.25. The van der Waals surface area contributed by atoms with E-state index in [9.17, 15) is 0 Å². The fraction of sp³-hybridized carbons (Fsp3) is 0.163. The Balaban J connectivity index is 0.000000111. The molecule has 0 N–H and O–H groups in total. The topological polar surface area (TPSA) is 93.7 Å². The minimum atomic E-state index is -0.111. The molecule has 0 spiro atoms. The number of hydrogen-bond acceptors (Lipinski definition) is 11. The maximum absolute atomic E-state index is 6.25. The number of benzene rings is 17. The van der Waals surface area contributed by atoms with Gasteiger partial charge in [-0.05, 0) is 219 Å². The second-order valence-corrected chi connectivity index (χ2v) is 45.2. The Morgan fingerprint density at radius 1 is 0.214 bits per heavy atom. The van der Waals surface area contributed by atoms with Crippen LogP contribution in [0.15, 0.2) is 374 Å². The second-order valence-electron chi connectivity index (χ2n) is 41.9. The molecule has 0 bridgehead atoms. The lowest BCUT2D eigenvalue weighted by Crippen LogP contribution is -2.43. The van der Waals surface area contributed by atoms with Crippen LogP contribution < -0.4 is 4.90 Å². The van der Waals surface area contributed by atoms with Crippen molar-refractivity contribution in [2.75, 3.05) is 4.90 Å². The van der Waals surface area contributed by atoms with Gasteiger partial charge >= 0.3 is 0 Å². The number of fused-ring (bicyclic) bond motifs is 27. The van der Waals surface area contributed by atoms with Crippen LogP contribution in [-0.2, 0) is 37.9 Å². The maximum Gasteiger partial charge on any atom is 0.164 e. The largest absolute Gasteiger partial charge is 0.456 e. The van der Waals surface area contributed by atoms with Crippen LogP contribution in [0.2, 0.25) is 0 Å². The van der Waals surface area contributed by atoms with Gasteiger partial charge in [-0.2, -0.15) is 0 Å². The normalized spacial score (nSPS) is 15.3. The van der Waals surface area contributed by atoms with Crippen molar-refractivity contribution >= 4 is 134 Å². The van der Waals surface area contributed by atoms with Crippen molar-refractivity contribution in [1.29, 1.82) is 0 Å². The van der Waals surface area contributed by atoms with Crippen LogP contribution in [-0.4, -0.2) is 29.9 Å². The third-order valence-corrected chi connectivity index (χ3v) is 36.3. The van der Waals surface area contributed by atoms with Crippen molar-refractivity contribution in [3.8, 4) is 113 Å². The number of para-hydroxylation sites is 2. The van der Waals surface area contributed by atoms with Gasteiger partial charge < -0.3 is 9.32 Å². The van der Waals surface area contributed by atoms with E-state index < -0.39 is 0 Å². The molecule has 27 rings (SSSR count). The number of furan rings is 1. The van der Waals surface area contributed by atoms with E-state index in [-0.39, 0.29) is 37.9 Å². The molecular weight excluding hydrogens is 1760 g/mol.